The smallest absolute Gasteiger partial charge is 0.261 e. The van der Waals surface area contributed by atoms with Crippen LogP contribution in [-0.2, 0) is 0 Å². The summed E-state index contributed by atoms with van der Waals surface area (Å²) in [5.41, 5.74) is 1.11. The lowest BCUT2D eigenvalue weighted by atomic mass is 10.1. The standard InChI is InChI=1S/C17H22BrNO2S/c18-22-13-9-5-3-1-2-4-8-12-19-16(20)14-10-6-7-11-15(14)17(19)21/h6-7,10-11H,1-5,8-9,12-13H2. The first kappa shape index (κ1) is 17.5. The third-order valence-electron chi connectivity index (χ3n) is 3.98. The molecule has 1 aliphatic rings. The summed E-state index contributed by atoms with van der Waals surface area (Å²) in [6, 6.07) is 7.09. The van der Waals surface area contributed by atoms with Gasteiger partial charge in [0.2, 0.25) is 0 Å². The van der Waals surface area contributed by atoms with Crippen LogP contribution in [0.5, 0.6) is 0 Å². The number of fused-ring (bicyclic) bond motifs is 1. The lowest BCUT2D eigenvalue weighted by Crippen LogP contribution is -2.30. The molecule has 0 radical (unpaired) electrons. The highest BCUT2D eigenvalue weighted by Crippen LogP contribution is 2.23. The number of nitrogens with zero attached hydrogens (tertiary/aromatic N) is 1. The van der Waals surface area contributed by atoms with E-state index in [0.717, 1.165) is 12.8 Å². The molecule has 0 bridgehead atoms. The highest BCUT2D eigenvalue weighted by molar-refractivity contribution is 9.50. The van der Waals surface area contributed by atoms with Crippen molar-refractivity contribution in [2.45, 2.75) is 44.9 Å². The molecular formula is C17H22BrNO2S. The van der Waals surface area contributed by atoms with Crippen LogP contribution < -0.4 is 0 Å². The van der Waals surface area contributed by atoms with E-state index < -0.39 is 0 Å². The minimum atomic E-state index is -0.132. The molecule has 1 aromatic rings. The van der Waals surface area contributed by atoms with Crippen molar-refractivity contribution in [3.05, 3.63) is 35.4 Å². The van der Waals surface area contributed by atoms with Crippen LogP contribution >= 0.6 is 25.0 Å². The number of carbonyl (C=O) groups excluding carboxylic acids is 2. The predicted molar refractivity (Wildman–Crippen MR) is 95.5 cm³/mol. The summed E-state index contributed by atoms with van der Waals surface area (Å²) in [6.07, 6.45) is 8.26. The van der Waals surface area contributed by atoms with E-state index in [9.17, 15) is 9.59 Å². The van der Waals surface area contributed by atoms with Crippen LogP contribution in [0.4, 0.5) is 0 Å². The monoisotopic (exact) mass is 383 g/mol. The average Bonchev–Trinajstić information content (AvgIpc) is 2.78. The lowest BCUT2D eigenvalue weighted by Gasteiger charge is -2.13. The maximum Gasteiger partial charge on any atom is 0.261 e. The van der Waals surface area contributed by atoms with Crippen molar-refractivity contribution < 1.29 is 9.59 Å². The van der Waals surface area contributed by atoms with Crippen molar-refractivity contribution in [3.63, 3.8) is 0 Å². The number of unbranched alkanes of at least 4 members (excludes halogenated alkanes) is 6. The minimum Gasteiger partial charge on any atom is -0.274 e. The molecule has 0 fully saturated rings. The molecule has 0 aliphatic carbocycles. The Bertz CT molecular complexity index is 486. The van der Waals surface area contributed by atoms with Gasteiger partial charge in [-0.25, -0.2) is 0 Å². The molecule has 0 atom stereocenters. The van der Waals surface area contributed by atoms with Gasteiger partial charge in [0, 0.05) is 12.3 Å². The molecule has 2 amide bonds. The topological polar surface area (TPSA) is 37.4 Å². The van der Waals surface area contributed by atoms with Crippen LogP contribution in [0.15, 0.2) is 24.3 Å². The second-order valence-corrected chi connectivity index (χ2v) is 7.60. The van der Waals surface area contributed by atoms with Gasteiger partial charge in [0.05, 0.1) is 11.1 Å². The average molecular weight is 384 g/mol. The lowest BCUT2D eigenvalue weighted by molar-refractivity contribution is 0.0651. The van der Waals surface area contributed by atoms with Gasteiger partial charge in [-0.3, -0.25) is 14.5 Å². The first-order valence-corrected chi connectivity index (χ1v) is 10.8. The summed E-state index contributed by atoms with van der Waals surface area (Å²) in [5, 5.41) is 0. The summed E-state index contributed by atoms with van der Waals surface area (Å²) >= 11 is 3.36. The maximum absolute atomic E-state index is 12.2. The van der Waals surface area contributed by atoms with Crippen LogP contribution in [0.25, 0.3) is 0 Å². The van der Waals surface area contributed by atoms with Gasteiger partial charge in [-0.1, -0.05) is 54.4 Å². The molecule has 0 aromatic heterocycles. The minimum absolute atomic E-state index is 0.132. The van der Waals surface area contributed by atoms with Gasteiger partial charge in [0.15, 0.2) is 0 Å². The third kappa shape index (κ3) is 4.59. The van der Waals surface area contributed by atoms with E-state index in [1.165, 1.54) is 42.8 Å². The normalized spacial score (nSPS) is 13.8. The molecule has 22 heavy (non-hydrogen) atoms. The first-order valence-electron chi connectivity index (χ1n) is 7.94. The number of imide groups is 1. The van der Waals surface area contributed by atoms with Gasteiger partial charge in [-0.15, -0.1) is 0 Å². The molecule has 0 N–H and O–H groups in total. The Hall–Kier alpha value is -0.810. The van der Waals surface area contributed by atoms with E-state index in [1.807, 2.05) is 12.1 Å². The quantitative estimate of drug-likeness (QED) is 0.418. The summed E-state index contributed by atoms with van der Waals surface area (Å²) in [4.78, 5) is 25.7. The first-order chi connectivity index (χ1) is 10.8. The molecule has 1 aliphatic heterocycles. The largest absolute Gasteiger partial charge is 0.274 e. The van der Waals surface area contributed by atoms with Gasteiger partial charge in [0.1, 0.15) is 0 Å². The van der Waals surface area contributed by atoms with E-state index >= 15 is 0 Å². The fraction of sp³-hybridized carbons (Fsp3) is 0.529. The molecule has 3 nitrogen and oxygen atoms in total. The van der Waals surface area contributed by atoms with Crippen LogP contribution in [0.2, 0.25) is 0 Å². The van der Waals surface area contributed by atoms with E-state index in [0.29, 0.717) is 17.7 Å². The third-order valence-corrected chi connectivity index (χ3v) is 5.40. The molecule has 120 valence electrons. The summed E-state index contributed by atoms with van der Waals surface area (Å²) in [6.45, 7) is 0.548. The Morgan fingerprint density at radius 2 is 1.32 bits per heavy atom. The Kier molecular flexibility index (Phi) is 7.46. The molecule has 0 unspecified atom stereocenters. The van der Waals surface area contributed by atoms with Gasteiger partial charge in [0.25, 0.3) is 11.8 Å². The fourth-order valence-electron chi connectivity index (χ4n) is 2.75. The molecule has 0 saturated heterocycles. The summed E-state index contributed by atoms with van der Waals surface area (Å²) in [5.74, 6) is 0.917. The second kappa shape index (κ2) is 9.36. The molecular weight excluding hydrogens is 362 g/mol. The second-order valence-electron chi connectivity index (χ2n) is 5.60. The molecule has 5 heteroatoms. The Morgan fingerprint density at radius 1 is 0.818 bits per heavy atom. The van der Waals surface area contributed by atoms with Gasteiger partial charge >= 0.3 is 0 Å². The summed E-state index contributed by atoms with van der Waals surface area (Å²) < 4.78 is 0. The number of carbonyl (C=O) groups is 2. The van der Waals surface area contributed by atoms with E-state index in [-0.39, 0.29) is 11.8 Å². The van der Waals surface area contributed by atoms with E-state index in [4.69, 9.17) is 0 Å². The summed E-state index contributed by atoms with van der Waals surface area (Å²) in [7, 11) is 1.73. The molecule has 2 rings (SSSR count). The number of halogens is 1. The number of amides is 2. The van der Waals surface area contributed by atoms with Crippen molar-refractivity contribution in [3.8, 4) is 0 Å². The van der Waals surface area contributed by atoms with E-state index in [2.05, 4.69) is 14.8 Å². The van der Waals surface area contributed by atoms with Gasteiger partial charge in [-0.2, -0.15) is 0 Å². The van der Waals surface area contributed by atoms with Gasteiger partial charge < -0.3 is 0 Å². The van der Waals surface area contributed by atoms with Crippen LogP contribution in [-0.4, -0.2) is 29.0 Å². The Balaban J connectivity index is 1.63. The highest BCUT2D eigenvalue weighted by Gasteiger charge is 2.34. The Labute approximate surface area is 144 Å². The zero-order chi connectivity index (χ0) is 15.8. The molecule has 0 spiro atoms. The Morgan fingerprint density at radius 3 is 1.86 bits per heavy atom. The SMILES string of the molecule is O=C1c2ccccc2C(=O)N1CCCCCCCCCSBr. The van der Waals surface area contributed by atoms with Crippen molar-refractivity contribution in [1.29, 1.82) is 0 Å². The number of rotatable bonds is 10. The van der Waals surface area contributed by atoms with Crippen molar-refractivity contribution in [2.75, 3.05) is 12.3 Å². The maximum atomic E-state index is 12.2. The number of hydrogen-bond donors (Lipinski definition) is 0. The number of hydrogen-bond acceptors (Lipinski definition) is 3. The van der Waals surface area contributed by atoms with Crippen LogP contribution in [0.3, 0.4) is 0 Å². The van der Waals surface area contributed by atoms with Crippen molar-refractivity contribution in [2.24, 2.45) is 0 Å². The fourth-order valence-corrected chi connectivity index (χ4v) is 3.75. The predicted octanol–water partition coefficient (Wildman–Crippen LogP) is 5.06. The number of benzene rings is 1. The van der Waals surface area contributed by atoms with Crippen molar-refractivity contribution >= 4 is 36.8 Å². The van der Waals surface area contributed by atoms with Crippen molar-refractivity contribution in [1.82, 2.24) is 4.90 Å². The zero-order valence-corrected chi connectivity index (χ0v) is 15.1. The molecule has 0 saturated carbocycles. The van der Waals surface area contributed by atoms with E-state index in [1.54, 1.807) is 22.3 Å². The zero-order valence-electron chi connectivity index (χ0n) is 12.7. The highest BCUT2D eigenvalue weighted by atomic mass is 79.9. The van der Waals surface area contributed by atoms with Crippen LogP contribution in [0.1, 0.15) is 65.7 Å². The molecule has 1 aromatic carbocycles. The molecule has 1 heterocycles. The van der Waals surface area contributed by atoms with Crippen LogP contribution in [0, 0.1) is 0 Å². The van der Waals surface area contributed by atoms with Gasteiger partial charge in [-0.05, 0) is 39.8 Å².